The van der Waals surface area contributed by atoms with Gasteiger partial charge in [0.2, 0.25) is 0 Å². The van der Waals surface area contributed by atoms with Gasteiger partial charge in [-0.1, -0.05) is 25.5 Å². The molecule has 0 aromatic carbocycles. The molecule has 2 nitrogen and oxygen atoms in total. The van der Waals surface area contributed by atoms with E-state index in [1.807, 2.05) is 0 Å². The van der Waals surface area contributed by atoms with Gasteiger partial charge in [-0.3, -0.25) is 0 Å². The summed E-state index contributed by atoms with van der Waals surface area (Å²) in [4.78, 5) is 0. The van der Waals surface area contributed by atoms with Crippen molar-refractivity contribution in [1.82, 2.24) is 0 Å². The van der Waals surface area contributed by atoms with Gasteiger partial charge >= 0.3 is 0 Å². The van der Waals surface area contributed by atoms with Crippen molar-refractivity contribution in [2.75, 3.05) is 0 Å². The van der Waals surface area contributed by atoms with E-state index in [-0.39, 0.29) is 17.6 Å². The standard InChI is InChI=1S/C19H30O2/c1-18-9-7-13(20)11-12(18)3-4-14-15-5-6-17(21)19(15,2)10-8-16(14)18/h11,13-17,20-21H,3-10H2,1-2H3/t13?,14-,15-,16-,17+,18-,19-/m0/s1. The molecule has 21 heavy (non-hydrogen) atoms. The molecular weight excluding hydrogens is 260 g/mol. The highest BCUT2D eigenvalue weighted by Gasteiger charge is 2.58. The van der Waals surface area contributed by atoms with Crippen molar-refractivity contribution in [2.24, 2.45) is 28.6 Å². The second-order valence-electron chi connectivity index (χ2n) is 8.77. The number of allylic oxidation sites excluding steroid dienone is 1. The normalized spacial score (nSPS) is 56.2. The molecule has 2 heteroatoms. The number of hydrogen-bond donors (Lipinski definition) is 2. The second kappa shape index (κ2) is 4.58. The Labute approximate surface area is 128 Å². The van der Waals surface area contributed by atoms with Crippen LogP contribution in [-0.4, -0.2) is 22.4 Å². The molecule has 0 bridgehead atoms. The molecule has 7 atom stereocenters. The van der Waals surface area contributed by atoms with Gasteiger partial charge in [0.25, 0.3) is 0 Å². The van der Waals surface area contributed by atoms with Gasteiger partial charge in [-0.25, -0.2) is 0 Å². The summed E-state index contributed by atoms with van der Waals surface area (Å²) in [6.45, 7) is 4.82. The van der Waals surface area contributed by atoms with E-state index in [9.17, 15) is 10.2 Å². The monoisotopic (exact) mass is 290 g/mol. The zero-order valence-corrected chi connectivity index (χ0v) is 13.5. The van der Waals surface area contributed by atoms with Crippen LogP contribution in [0, 0.1) is 28.6 Å². The van der Waals surface area contributed by atoms with Gasteiger partial charge in [0.1, 0.15) is 0 Å². The van der Waals surface area contributed by atoms with E-state index in [0.717, 1.165) is 37.0 Å². The topological polar surface area (TPSA) is 40.5 Å². The first-order valence-electron chi connectivity index (χ1n) is 9.02. The lowest BCUT2D eigenvalue weighted by Gasteiger charge is -2.58. The Kier molecular flexibility index (Phi) is 3.11. The Balaban J connectivity index is 1.67. The molecule has 0 radical (unpaired) electrons. The van der Waals surface area contributed by atoms with E-state index in [0.29, 0.717) is 5.41 Å². The van der Waals surface area contributed by atoms with E-state index in [1.54, 1.807) is 5.57 Å². The Morgan fingerprint density at radius 2 is 1.76 bits per heavy atom. The van der Waals surface area contributed by atoms with Crippen molar-refractivity contribution in [3.63, 3.8) is 0 Å². The molecule has 3 saturated carbocycles. The van der Waals surface area contributed by atoms with Crippen LogP contribution in [0.3, 0.4) is 0 Å². The third-order valence-electron chi connectivity index (χ3n) is 8.04. The molecule has 0 heterocycles. The molecule has 0 aliphatic heterocycles. The van der Waals surface area contributed by atoms with Crippen molar-refractivity contribution in [3.05, 3.63) is 11.6 Å². The molecule has 0 saturated heterocycles. The van der Waals surface area contributed by atoms with Crippen molar-refractivity contribution in [3.8, 4) is 0 Å². The quantitative estimate of drug-likeness (QED) is 0.668. The summed E-state index contributed by atoms with van der Waals surface area (Å²) in [5, 5.41) is 20.4. The van der Waals surface area contributed by atoms with Crippen LogP contribution in [0.2, 0.25) is 0 Å². The summed E-state index contributed by atoms with van der Waals surface area (Å²) in [6.07, 6.45) is 11.2. The zero-order chi connectivity index (χ0) is 14.8. The maximum absolute atomic E-state index is 10.5. The summed E-state index contributed by atoms with van der Waals surface area (Å²) in [7, 11) is 0. The number of aliphatic hydroxyl groups is 2. The first-order valence-corrected chi connectivity index (χ1v) is 9.02. The lowest BCUT2D eigenvalue weighted by molar-refractivity contribution is -0.0761. The Bertz CT molecular complexity index is 470. The molecule has 0 amide bonds. The van der Waals surface area contributed by atoms with E-state index >= 15 is 0 Å². The zero-order valence-electron chi connectivity index (χ0n) is 13.5. The van der Waals surface area contributed by atoms with Crippen LogP contribution in [0.1, 0.15) is 65.2 Å². The maximum Gasteiger partial charge on any atom is 0.0724 e. The summed E-state index contributed by atoms with van der Waals surface area (Å²) in [6, 6.07) is 0. The van der Waals surface area contributed by atoms with E-state index in [1.165, 1.54) is 32.1 Å². The average molecular weight is 290 g/mol. The minimum atomic E-state index is -0.202. The summed E-state index contributed by atoms with van der Waals surface area (Å²) in [5.74, 6) is 2.32. The van der Waals surface area contributed by atoms with Gasteiger partial charge in [0.15, 0.2) is 0 Å². The molecule has 4 rings (SSSR count). The third kappa shape index (κ3) is 1.84. The van der Waals surface area contributed by atoms with Crippen LogP contribution in [0.25, 0.3) is 0 Å². The van der Waals surface area contributed by atoms with Crippen LogP contribution in [0.4, 0.5) is 0 Å². The van der Waals surface area contributed by atoms with Crippen molar-refractivity contribution in [1.29, 1.82) is 0 Å². The molecule has 4 aliphatic carbocycles. The van der Waals surface area contributed by atoms with Gasteiger partial charge in [-0.2, -0.15) is 0 Å². The minimum absolute atomic E-state index is 0.0682. The first-order chi connectivity index (χ1) is 9.95. The number of rotatable bonds is 0. The highest BCUT2D eigenvalue weighted by molar-refractivity contribution is 5.25. The van der Waals surface area contributed by atoms with Gasteiger partial charge in [0, 0.05) is 0 Å². The van der Waals surface area contributed by atoms with Crippen molar-refractivity contribution in [2.45, 2.75) is 77.4 Å². The Morgan fingerprint density at radius 3 is 2.57 bits per heavy atom. The smallest absolute Gasteiger partial charge is 0.0724 e. The summed E-state index contributed by atoms with van der Waals surface area (Å²) < 4.78 is 0. The molecule has 4 aliphatic rings. The van der Waals surface area contributed by atoms with E-state index < -0.39 is 0 Å². The van der Waals surface area contributed by atoms with Gasteiger partial charge in [0.05, 0.1) is 12.2 Å². The summed E-state index contributed by atoms with van der Waals surface area (Å²) in [5.41, 5.74) is 2.06. The third-order valence-corrected chi connectivity index (χ3v) is 8.04. The van der Waals surface area contributed by atoms with Crippen LogP contribution < -0.4 is 0 Å². The molecule has 3 fully saturated rings. The van der Waals surface area contributed by atoms with Crippen molar-refractivity contribution >= 4 is 0 Å². The molecule has 118 valence electrons. The predicted molar refractivity (Wildman–Crippen MR) is 83.7 cm³/mol. The largest absolute Gasteiger partial charge is 0.393 e. The highest BCUT2D eigenvalue weighted by Crippen LogP contribution is 2.65. The van der Waals surface area contributed by atoms with Crippen LogP contribution in [0.15, 0.2) is 11.6 Å². The van der Waals surface area contributed by atoms with Crippen LogP contribution >= 0.6 is 0 Å². The molecule has 0 spiro atoms. The molecule has 0 aromatic rings. The second-order valence-corrected chi connectivity index (χ2v) is 8.77. The SMILES string of the molecule is C[C@]12CC[C@H]3[C@@H](CCC4=CC(O)CC[C@@]43C)[C@@H]1CC[C@H]2O. The van der Waals surface area contributed by atoms with Crippen molar-refractivity contribution < 1.29 is 10.2 Å². The Hall–Kier alpha value is -0.340. The van der Waals surface area contributed by atoms with Gasteiger partial charge < -0.3 is 10.2 Å². The van der Waals surface area contributed by atoms with Gasteiger partial charge in [-0.15, -0.1) is 0 Å². The molecule has 0 aromatic heterocycles. The highest BCUT2D eigenvalue weighted by atomic mass is 16.3. The fraction of sp³-hybridized carbons (Fsp3) is 0.895. The fourth-order valence-electron chi connectivity index (χ4n) is 6.68. The van der Waals surface area contributed by atoms with E-state index in [4.69, 9.17) is 0 Å². The Morgan fingerprint density at radius 1 is 0.952 bits per heavy atom. The molecule has 1 unspecified atom stereocenters. The maximum atomic E-state index is 10.5. The number of fused-ring (bicyclic) bond motifs is 5. The fourth-order valence-corrected chi connectivity index (χ4v) is 6.68. The first kappa shape index (κ1) is 14.3. The van der Waals surface area contributed by atoms with Crippen LogP contribution in [0.5, 0.6) is 0 Å². The summed E-state index contributed by atoms with van der Waals surface area (Å²) >= 11 is 0. The minimum Gasteiger partial charge on any atom is -0.393 e. The molecular formula is C19H30O2. The number of aliphatic hydroxyl groups excluding tert-OH is 2. The lowest BCUT2D eigenvalue weighted by atomic mass is 9.47. The van der Waals surface area contributed by atoms with Gasteiger partial charge in [-0.05, 0) is 80.0 Å². The number of hydrogen-bond acceptors (Lipinski definition) is 2. The van der Waals surface area contributed by atoms with E-state index in [2.05, 4.69) is 19.9 Å². The predicted octanol–water partition coefficient (Wildman–Crippen LogP) is 3.67. The lowest BCUT2D eigenvalue weighted by Crippen LogP contribution is -2.51. The molecule has 2 N–H and O–H groups in total. The van der Waals surface area contributed by atoms with Crippen LogP contribution in [-0.2, 0) is 0 Å². The average Bonchev–Trinajstić information content (AvgIpc) is 2.76.